The van der Waals surface area contributed by atoms with E-state index in [9.17, 15) is 4.79 Å². The molecular weight excluding hydrogens is 278 g/mol. The molecule has 1 unspecified atom stereocenters. The molecule has 0 radical (unpaired) electrons. The largest absolute Gasteiger partial charge is 0.479 e. The van der Waals surface area contributed by atoms with Gasteiger partial charge in [0.15, 0.2) is 6.10 Å². The van der Waals surface area contributed by atoms with Crippen molar-refractivity contribution in [1.29, 1.82) is 0 Å². The Morgan fingerprint density at radius 2 is 2.10 bits per heavy atom. The number of aliphatic carboxylic acids is 1. The van der Waals surface area contributed by atoms with Gasteiger partial charge in [0.05, 0.1) is 0 Å². The Hall–Kier alpha value is -1.26. The molecule has 0 spiro atoms. The van der Waals surface area contributed by atoms with Gasteiger partial charge in [-0.15, -0.1) is 0 Å². The Morgan fingerprint density at radius 1 is 1.45 bits per heavy atom. The van der Waals surface area contributed by atoms with Crippen molar-refractivity contribution in [2.24, 2.45) is 0 Å². The summed E-state index contributed by atoms with van der Waals surface area (Å²) in [5, 5.41) is 13.0. The van der Waals surface area contributed by atoms with Crippen molar-refractivity contribution in [1.82, 2.24) is 5.32 Å². The lowest BCUT2D eigenvalue weighted by Gasteiger charge is -2.23. The van der Waals surface area contributed by atoms with Crippen LogP contribution in [0.25, 0.3) is 0 Å². The quantitative estimate of drug-likeness (QED) is 0.844. The standard InChI is InChI=1S/C15H22ClNO3/c1-5-12(14(18)19)20-13-8-6-7-11(16)10(13)9-17-15(2,3)4/h6-8,12,17H,5,9H2,1-4H3,(H,18,19). The summed E-state index contributed by atoms with van der Waals surface area (Å²) in [6.45, 7) is 8.45. The van der Waals surface area contributed by atoms with Gasteiger partial charge >= 0.3 is 5.97 Å². The maximum absolute atomic E-state index is 11.1. The Balaban J connectivity index is 2.95. The summed E-state index contributed by atoms with van der Waals surface area (Å²) in [7, 11) is 0. The van der Waals surface area contributed by atoms with Crippen LogP contribution in [-0.2, 0) is 11.3 Å². The van der Waals surface area contributed by atoms with Gasteiger partial charge in [-0.2, -0.15) is 0 Å². The zero-order chi connectivity index (χ0) is 15.3. The Labute approximate surface area is 125 Å². The third-order valence-corrected chi connectivity index (χ3v) is 3.14. The fraction of sp³-hybridized carbons (Fsp3) is 0.533. The zero-order valence-corrected chi connectivity index (χ0v) is 13.1. The zero-order valence-electron chi connectivity index (χ0n) is 12.4. The molecule has 1 rings (SSSR count). The number of benzene rings is 1. The molecule has 1 aromatic rings. The molecule has 0 aliphatic rings. The van der Waals surface area contributed by atoms with E-state index in [4.69, 9.17) is 21.4 Å². The monoisotopic (exact) mass is 299 g/mol. The summed E-state index contributed by atoms with van der Waals surface area (Å²) >= 11 is 6.20. The van der Waals surface area contributed by atoms with Gasteiger partial charge in [0.1, 0.15) is 5.75 Å². The minimum Gasteiger partial charge on any atom is -0.479 e. The first-order valence-electron chi connectivity index (χ1n) is 6.66. The molecule has 2 N–H and O–H groups in total. The normalized spacial score (nSPS) is 13.1. The highest BCUT2D eigenvalue weighted by Crippen LogP contribution is 2.28. The van der Waals surface area contributed by atoms with Crippen LogP contribution < -0.4 is 10.1 Å². The van der Waals surface area contributed by atoms with Crippen LogP contribution in [-0.4, -0.2) is 22.7 Å². The average Bonchev–Trinajstić information content (AvgIpc) is 2.33. The van der Waals surface area contributed by atoms with E-state index >= 15 is 0 Å². The van der Waals surface area contributed by atoms with Gasteiger partial charge in [0.2, 0.25) is 0 Å². The molecule has 0 saturated heterocycles. The second kappa shape index (κ2) is 6.95. The summed E-state index contributed by atoms with van der Waals surface area (Å²) in [4.78, 5) is 11.1. The molecule has 0 aliphatic heterocycles. The fourth-order valence-electron chi connectivity index (χ4n) is 1.64. The van der Waals surface area contributed by atoms with Crippen molar-refractivity contribution in [3.63, 3.8) is 0 Å². The first kappa shape index (κ1) is 16.8. The molecule has 0 amide bonds. The van der Waals surface area contributed by atoms with Crippen molar-refractivity contribution in [3.8, 4) is 5.75 Å². The third-order valence-electron chi connectivity index (χ3n) is 2.79. The van der Waals surface area contributed by atoms with Crippen molar-refractivity contribution in [3.05, 3.63) is 28.8 Å². The molecule has 1 aromatic carbocycles. The first-order valence-corrected chi connectivity index (χ1v) is 7.04. The van der Waals surface area contributed by atoms with Gasteiger partial charge < -0.3 is 15.2 Å². The topological polar surface area (TPSA) is 58.6 Å². The van der Waals surface area contributed by atoms with Crippen molar-refractivity contribution in [2.45, 2.75) is 52.3 Å². The van der Waals surface area contributed by atoms with Crippen molar-refractivity contribution < 1.29 is 14.6 Å². The number of nitrogens with one attached hydrogen (secondary N) is 1. The predicted octanol–water partition coefficient (Wildman–Crippen LogP) is 3.47. The molecule has 0 aliphatic carbocycles. The molecule has 0 fully saturated rings. The highest BCUT2D eigenvalue weighted by molar-refractivity contribution is 6.31. The maximum Gasteiger partial charge on any atom is 0.344 e. The Morgan fingerprint density at radius 3 is 2.60 bits per heavy atom. The number of halogens is 1. The van der Waals surface area contributed by atoms with Crippen LogP contribution in [0.1, 0.15) is 39.7 Å². The summed E-state index contributed by atoms with van der Waals surface area (Å²) < 4.78 is 5.58. The number of ether oxygens (including phenoxy) is 1. The highest BCUT2D eigenvalue weighted by Gasteiger charge is 2.20. The molecule has 0 aromatic heterocycles. The van der Waals surface area contributed by atoms with Crippen molar-refractivity contribution >= 4 is 17.6 Å². The second-order valence-electron chi connectivity index (χ2n) is 5.67. The van der Waals surface area contributed by atoms with E-state index in [2.05, 4.69) is 26.1 Å². The Bertz CT molecular complexity index is 469. The van der Waals surface area contributed by atoms with Crippen LogP contribution in [0.4, 0.5) is 0 Å². The molecular formula is C15H22ClNO3. The van der Waals surface area contributed by atoms with Gasteiger partial charge in [-0.05, 0) is 39.3 Å². The van der Waals surface area contributed by atoms with E-state index in [-0.39, 0.29) is 5.54 Å². The highest BCUT2D eigenvalue weighted by atomic mass is 35.5. The number of hydrogen-bond acceptors (Lipinski definition) is 3. The van der Waals surface area contributed by atoms with Crippen LogP contribution in [0, 0.1) is 0 Å². The summed E-state index contributed by atoms with van der Waals surface area (Å²) in [5.74, 6) is -0.453. The van der Waals surface area contributed by atoms with E-state index in [1.54, 1.807) is 25.1 Å². The molecule has 0 heterocycles. The van der Waals surface area contributed by atoms with Crippen LogP contribution in [0.5, 0.6) is 5.75 Å². The van der Waals surface area contributed by atoms with Gasteiger partial charge in [-0.3, -0.25) is 0 Å². The third kappa shape index (κ3) is 5.02. The van der Waals surface area contributed by atoms with Crippen LogP contribution in [0.15, 0.2) is 18.2 Å². The lowest BCUT2D eigenvalue weighted by atomic mass is 10.1. The molecule has 5 heteroatoms. The van der Waals surface area contributed by atoms with Gasteiger partial charge in [-0.1, -0.05) is 24.6 Å². The number of carbonyl (C=O) groups is 1. The number of carboxylic acids is 1. The number of rotatable bonds is 6. The molecule has 112 valence electrons. The smallest absolute Gasteiger partial charge is 0.344 e. The predicted molar refractivity (Wildman–Crippen MR) is 80.4 cm³/mol. The van der Waals surface area contributed by atoms with E-state index in [1.165, 1.54) is 0 Å². The Kier molecular flexibility index (Phi) is 5.84. The number of hydrogen-bond donors (Lipinski definition) is 2. The summed E-state index contributed by atoms with van der Waals surface area (Å²) in [6, 6.07) is 5.28. The molecule has 4 nitrogen and oxygen atoms in total. The average molecular weight is 300 g/mol. The van der Waals surface area contributed by atoms with E-state index in [1.807, 2.05) is 0 Å². The fourth-order valence-corrected chi connectivity index (χ4v) is 1.87. The number of carboxylic acid groups (broad SMARTS) is 1. The van der Waals surface area contributed by atoms with Crippen LogP contribution in [0.2, 0.25) is 5.02 Å². The van der Waals surface area contributed by atoms with Crippen molar-refractivity contribution in [2.75, 3.05) is 0 Å². The second-order valence-corrected chi connectivity index (χ2v) is 6.08. The minimum atomic E-state index is -0.970. The molecule has 20 heavy (non-hydrogen) atoms. The lowest BCUT2D eigenvalue weighted by Crippen LogP contribution is -2.35. The van der Waals surface area contributed by atoms with Crippen LogP contribution in [0.3, 0.4) is 0 Å². The molecule has 1 atom stereocenters. The SMILES string of the molecule is CCC(Oc1cccc(Cl)c1CNC(C)(C)C)C(=O)O. The molecule has 0 bridgehead atoms. The van der Waals surface area contributed by atoms with E-state index in [0.717, 1.165) is 5.56 Å². The van der Waals surface area contributed by atoms with Gasteiger partial charge in [-0.25, -0.2) is 4.79 Å². The molecule has 0 saturated carbocycles. The summed E-state index contributed by atoms with van der Waals surface area (Å²) in [6.07, 6.45) is -0.463. The van der Waals surface area contributed by atoms with Gasteiger partial charge in [0.25, 0.3) is 0 Å². The minimum absolute atomic E-state index is 0.0621. The van der Waals surface area contributed by atoms with Crippen LogP contribution >= 0.6 is 11.6 Å². The first-order chi connectivity index (χ1) is 9.24. The summed E-state index contributed by atoms with van der Waals surface area (Å²) in [5.41, 5.74) is 0.719. The van der Waals surface area contributed by atoms with E-state index in [0.29, 0.717) is 23.7 Å². The van der Waals surface area contributed by atoms with Gasteiger partial charge in [0, 0.05) is 22.7 Å². The maximum atomic E-state index is 11.1. The van der Waals surface area contributed by atoms with E-state index < -0.39 is 12.1 Å². The lowest BCUT2D eigenvalue weighted by molar-refractivity contribution is -0.145.